The van der Waals surface area contributed by atoms with Crippen molar-refractivity contribution < 1.29 is 14.3 Å². The van der Waals surface area contributed by atoms with Crippen LogP contribution in [0.25, 0.3) is 0 Å². The Kier molecular flexibility index (Phi) is 4.57. The molecular formula is C19H21ClN4O3. The van der Waals surface area contributed by atoms with Gasteiger partial charge in [-0.3, -0.25) is 4.79 Å². The molecule has 3 heterocycles. The monoisotopic (exact) mass is 388 g/mol. The summed E-state index contributed by atoms with van der Waals surface area (Å²) in [6.07, 6.45) is 1.45. The normalized spacial score (nSPS) is 17.1. The van der Waals surface area contributed by atoms with Crippen LogP contribution in [0.4, 0.5) is 17.1 Å². The van der Waals surface area contributed by atoms with Crippen LogP contribution in [0, 0.1) is 5.41 Å². The maximum Gasteiger partial charge on any atom is 0.254 e. The number of anilines is 3. The third-order valence-corrected chi connectivity index (χ3v) is 5.23. The summed E-state index contributed by atoms with van der Waals surface area (Å²) in [4.78, 5) is 18.4. The van der Waals surface area contributed by atoms with E-state index in [1.54, 1.807) is 20.2 Å². The zero-order valence-electron chi connectivity index (χ0n) is 15.2. The fraction of sp³-hybridized carbons (Fsp3) is 0.368. The van der Waals surface area contributed by atoms with Gasteiger partial charge in [0, 0.05) is 26.3 Å². The summed E-state index contributed by atoms with van der Waals surface area (Å²) < 4.78 is 11.1. The largest absolute Gasteiger partial charge is 0.492 e. The van der Waals surface area contributed by atoms with E-state index in [4.69, 9.17) is 21.1 Å². The Morgan fingerprint density at radius 2 is 2.11 bits per heavy atom. The third-order valence-electron chi connectivity index (χ3n) is 5.02. The first-order valence-corrected chi connectivity index (χ1v) is 9.07. The lowest BCUT2D eigenvalue weighted by Crippen LogP contribution is -2.66. The van der Waals surface area contributed by atoms with Crippen LogP contribution >= 0.6 is 11.6 Å². The van der Waals surface area contributed by atoms with Crippen LogP contribution in [0.5, 0.6) is 5.75 Å². The van der Waals surface area contributed by atoms with Crippen molar-refractivity contribution in [3.05, 3.63) is 41.2 Å². The van der Waals surface area contributed by atoms with E-state index < -0.39 is 0 Å². The number of para-hydroxylation sites is 1. The highest BCUT2D eigenvalue weighted by Crippen LogP contribution is 2.45. The van der Waals surface area contributed by atoms with E-state index in [0.717, 1.165) is 43.4 Å². The number of amides is 1. The maximum absolute atomic E-state index is 12.1. The van der Waals surface area contributed by atoms with E-state index in [2.05, 4.69) is 20.5 Å². The highest BCUT2D eigenvalue weighted by Gasteiger charge is 2.49. The second-order valence-corrected chi connectivity index (χ2v) is 7.35. The number of hydrogen-bond donors (Lipinski definition) is 2. The SMILES string of the molecule is CNC(=O)c1cnc(Cl)cc1Nc1cccc(N2CC3(COC3)C2)c1OC. The minimum Gasteiger partial charge on any atom is -0.492 e. The molecule has 1 aromatic heterocycles. The highest BCUT2D eigenvalue weighted by atomic mass is 35.5. The first-order chi connectivity index (χ1) is 13.0. The van der Waals surface area contributed by atoms with Crippen molar-refractivity contribution in [1.82, 2.24) is 10.3 Å². The molecule has 2 aliphatic heterocycles. The van der Waals surface area contributed by atoms with Crippen molar-refractivity contribution in [2.24, 2.45) is 5.41 Å². The zero-order chi connectivity index (χ0) is 19.0. The molecule has 1 aromatic carbocycles. The zero-order valence-corrected chi connectivity index (χ0v) is 16.0. The van der Waals surface area contributed by atoms with Gasteiger partial charge in [0.25, 0.3) is 5.91 Å². The molecule has 0 radical (unpaired) electrons. The van der Waals surface area contributed by atoms with Gasteiger partial charge >= 0.3 is 0 Å². The standard InChI is InChI=1S/C19H21ClN4O3/c1-21-18(25)12-7-22-16(20)6-14(12)23-13-4-3-5-15(17(13)26-2)24-8-19(9-24)10-27-11-19/h3-7H,8-11H2,1-2H3,(H,21,25)(H,22,23). The maximum atomic E-state index is 12.1. The molecule has 0 aliphatic carbocycles. The Morgan fingerprint density at radius 1 is 1.33 bits per heavy atom. The number of carbonyl (C=O) groups excluding carboxylic acids is 1. The number of hydrogen-bond acceptors (Lipinski definition) is 6. The van der Waals surface area contributed by atoms with Gasteiger partial charge in [0.2, 0.25) is 0 Å². The Balaban J connectivity index is 1.64. The minimum atomic E-state index is -0.244. The second-order valence-electron chi connectivity index (χ2n) is 6.96. The van der Waals surface area contributed by atoms with Gasteiger partial charge in [-0.1, -0.05) is 17.7 Å². The summed E-state index contributed by atoms with van der Waals surface area (Å²) >= 11 is 6.04. The van der Waals surface area contributed by atoms with Crippen molar-refractivity contribution in [3.63, 3.8) is 0 Å². The van der Waals surface area contributed by atoms with Gasteiger partial charge in [0.05, 0.1) is 48.4 Å². The van der Waals surface area contributed by atoms with Gasteiger partial charge in [-0.25, -0.2) is 4.98 Å². The average molecular weight is 389 g/mol. The Hall–Kier alpha value is -2.51. The number of nitrogens with zero attached hydrogens (tertiary/aromatic N) is 2. The van der Waals surface area contributed by atoms with Crippen molar-refractivity contribution in [2.75, 3.05) is 50.7 Å². The molecule has 0 atom stereocenters. The molecule has 0 saturated carbocycles. The molecule has 2 saturated heterocycles. The van der Waals surface area contributed by atoms with Crippen molar-refractivity contribution in [1.29, 1.82) is 0 Å². The van der Waals surface area contributed by atoms with Crippen LogP contribution in [0.2, 0.25) is 5.15 Å². The van der Waals surface area contributed by atoms with E-state index in [0.29, 0.717) is 21.8 Å². The molecule has 1 spiro atoms. The number of nitrogens with one attached hydrogen (secondary N) is 2. The third kappa shape index (κ3) is 3.17. The van der Waals surface area contributed by atoms with E-state index in [-0.39, 0.29) is 5.91 Å². The van der Waals surface area contributed by atoms with Crippen LogP contribution in [0.15, 0.2) is 30.5 Å². The molecular weight excluding hydrogens is 368 g/mol. The fourth-order valence-electron chi connectivity index (χ4n) is 3.59. The highest BCUT2D eigenvalue weighted by molar-refractivity contribution is 6.29. The number of rotatable bonds is 5. The lowest BCUT2D eigenvalue weighted by atomic mass is 9.77. The van der Waals surface area contributed by atoms with Gasteiger partial charge in [0.15, 0.2) is 5.75 Å². The van der Waals surface area contributed by atoms with Gasteiger partial charge in [-0.2, -0.15) is 0 Å². The summed E-state index contributed by atoms with van der Waals surface area (Å²) in [5.74, 6) is 0.481. The summed E-state index contributed by atoms with van der Waals surface area (Å²) in [5, 5.41) is 6.19. The Bertz CT molecular complexity index is 877. The molecule has 7 nitrogen and oxygen atoms in total. The second kappa shape index (κ2) is 6.90. The van der Waals surface area contributed by atoms with Crippen molar-refractivity contribution in [2.45, 2.75) is 0 Å². The lowest BCUT2D eigenvalue weighted by Gasteiger charge is -2.56. The molecule has 27 heavy (non-hydrogen) atoms. The molecule has 0 unspecified atom stereocenters. The minimum absolute atomic E-state index is 0.244. The summed E-state index contributed by atoms with van der Waals surface area (Å²) in [7, 11) is 3.22. The van der Waals surface area contributed by atoms with Gasteiger partial charge in [0.1, 0.15) is 5.15 Å². The molecule has 0 bridgehead atoms. The predicted molar refractivity (Wildman–Crippen MR) is 104 cm³/mol. The fourth-order valence-corrected chi connectivity index (χ4v) is 3.75. The first-order valence-electron chi connectivity index (χ1n) is 8.69. The van der Waals surface area contributed by atoms with Gasteiger partial charge in [-0.15, -0.1) is 0 Å². The van der Waals surface area contributed by atoms with Crippen molar-refractivity contribution >= 4 is 34.6 Å². The predicted octanol–water partition coefficient (Wildman–Crippen LogP) is 2.68. The summed E-state index contributed by atoms with van der Waals surface area (Å²) in [5.41, 5.74) is 3.05. The topological polar surface area (TPSA) is 75.7 Å². The van der Waals surface area contributed by atoms with E-state index >= 15 is 0 Å². The number of carbonyl (C=O) groups is 1. The van der Waals surface area contributed by atoms with Crippen LogP contribution < -0.4 is 20.3 Å². The van der Waals surface area contributed by atoms with Gasteiger partial charge in [-0.05, 0) is 18.2 Å². The number of halogens is 1. The molecule has 1 amide bonds. The molecule has 2 aromatic rings. The van der Waals surface area contributed by atoms with E-state index in [1.807, 2.05) is 18.2 Å². The molecule has 2 fully saturated rings. The first kappa shape index (κ1) is 17.9. The van der Waals surface area contributed by atoms with E-state index in [1.165, 1.54) is 6.20 Å². The number of pyridine rings is 1. The number of benzene rings is 1. The van der Waals surface area contributed by atoms with Crippen LogP contribution in [0.3, 0.4) is 0 Å². The van der Waals surface area contributed by atoms with Crippen LogP contribution in [-0.4, -0.2) is 51.4 Å². The lowest BCUT2D eigenvalue weighted by molar-refractivity contribution is -0.127. The molecule has 2 N–H and O–H groups in total. The van der Waals surface area contributed by atoms with E-state index in [9.17, 15) is 4.79 Å². The average Bonchev–Trinajstić information content (AvgIpc) is 2.59. The van der Waals surface area contributed by atoms with Crippen molar-refractivity contribution in [3.8, 4) is 5.75 Å². The summed E-state index contributed by atoms with van der Waals surface area (Å²) in [6.45, 7) is 3.57. The van der Waals surface area contributed by atoms with Gasteiger partial charge < -0.3 is 25.0 Å². The van der Waals surface area contributed by atoms with Crippen LogP contribution in [-0.2, 0) is 4.74 Å². The van der Waals surface area contributed by atoms with Crippen LogP contribution in [0.1, 0.15) is 10.4 Å². The number of methoxy groups -OCH3 is 1. The Labute approximate surface area is 162 Å². The Morgan fingerprint density at radius 3 is 2.74 bits per heavy atom. The quantitative estimate of drug-likeness (QED) is 0.767. The smallest absolute Gasteiger partial charge is 0.254 e. The molecule has 4 rings (SSSR count). The molecule has 142 valence electrons. The number of ether oxygens (including phenoxy) is 2. The molecule has 2 aliphatic rings. The number of aromatic nitrogens is 1. The molecule has 8 heteroatoms. The summed E-state index contributed by atoms with van der Waals surface area (Å²) in [6, 6.07) is 7.54.